The average molecular weight is 472 g/mol. The standard InChI is InChI=1S/C27H20O8/c1-32-24(31)14-33-20-10-6-5-9-16(20)17-11-23(30)34-22-13-19(29)26-18(28)12-21(35-27(26)25(17)22)15-7-3-2-4-8-15/h2-10,12-13,17,29H,11,14H2,1H3. The second kappa shape index (κ2) is 8.98. The lowest BCUT2D eigenvalue weighted by molar-refractivity contribution is -0.143. The normalized spacial score (nSPS) is 14.8. The van der Waals surface area contributed by atoms with Gasteiger partial charge in [-0.3, -0.25) is 9.59 Å². The molecule has 0 fully saturated rings. The molecule has 0 saturated heterocycles. The zero-order valence-electron chi connectivity index (χ0n) is 18.6. The summed E-state index contributed by atoms with van der Waals surface area (Å²) in [5.74, 6) is -1.30. The summed E-state index contributed by atoms with van der Waals surface area (Å²) in [6.07, 6.45) is -0.0647. The van der Waals surface area contributed by atoms with Gasteiger partial charge < -0.3 is 23.7 Å². The Morgan fingerprint density at radius 3 is 2.57 bits per heavy atom. The lowest BCUT2D eigenvalue weighted by Gasteiger charge is -2.27. The van der Waals surface area contributed by atoms with E-state index < -0.39 is 23.3 Å². The molecule has 1 aliphatic heterocycles. The molecule has 1 atom stereocenters. The number of methoxy groups -OCH3 is 1. The fourth-order valence-electron chi connectivity index (χ4n) is 4.26. The van der Waals surface area contributed by atoms with E-state index >= 15 is 0 Å². The van der Waals surface area contributed by atoms with Crippen LogP contribution in [0.15, 0.2) is 75.9 Å². The zero-order valence-corrected chi connectivity index (χ0v) is 18.6. The van der Waals surface area contributed by atoms with E-state index in [0.29, 0.717) is 28.2 Å². The fourth-order valence-corrected chi connectivity index (χ4v) is 4.26. The number of para-hydroxylation sites is 1. The Bertz CT molecular complexity index is 1500. The molecule has 0 saturated carbocycles. The van der Waals surface area contributed by atoms with Gasteiger partial charge in [-0.25, -0.2) is 4.79 Å². The molecule has 176 valence electrons. The molecule has 8 heteroatoms. The maximum Gasteiger partial charge on any atom is 0.343 e. The Morgan fingerprint density at radius 1 is 1.06 bits per heavy atom. The third-order valence-corrected chi connectivity index (χ3v) is 5.85. The molecule has 2 heterocycles. The summed E-state index contributed by atoms with van der Waals surface area (Å²) in [7, 11) is 1.26. The number of fused-ring (bicyclic) bond motifs is 3. The molecule has 1 aliphatic rings. The minimum atomic E-state index is -0.627. The van der Waals surface area contributed by atoms with E-state index in [1.807, 2.05) is 18.2 Å². The van der Waals surface area contributed by atoms with Gasteiger partial charge in [0, 0.05) is 34.7 Å². The highest BCUT2D eigenvalue weighted by Gasteiger charge is 2.35. The first-order valence-corrected chi connectivity index (χ1v) is 10.8. The quantitative estimate of drug-likeness (QED) is 0.340. The van der Waals surface area contributed by atoms with Crippen molar-refractivity contribution in [3.8, 4) is 28.6 Å². The van der Waals surface area contributed by atoms with Gasteiger partial charge >= 0.3 is 11.9 Å². The van der Waals surface area contributed by atoms with Gasteiger partial charge in [-0.15, -0.1) is 0 Å². The van der Waals surface area contributed by atoms with Crippen LogP contribution in [-0.4, -0.2) is 30.8 Å². The topological polar surface area (TPSA) is 112 Å². The minimum absolute atomic E-state index is 0.0145. The number of aromatic hydroxyl groups is 1. The molecule has 0 radical (unpaired) electrons. The van der Waals surface area contributed by atoms with E-state index in [4.69, 9.17) is 13.9 Å². The number of hydrogen-bond donors (Lipinski definition) is 1. The first-order chi connectivity index (χ1) is 17.0. The maximum absolute atomic E-state index is 13.1. The third-order valence-electron chi connectivity index (χ3n) is 5.85. The summed E-state index contributed by atoms with van der Waals surface area (Å²) in [6.45, 7) is -0.318. The lowest BCUT2D eigenvalue weighted by Crippen LogP contribution is -2.23. The summed E-state index contributed by atoms with van der Waals surface area (Å²) in [5, 5.41) is 10.6. The molecule has 0 spiro atoms. The van der Waals surface area contributed by atoms with Crippen molar-refractivity contribution in [2.45, 2.75) is 12.3 Å². The Hall–Kier alpha value is -4.59. The number of rotatable bonds is 5. The number of phenols is 1. The summed E-state index contributed by atoms with van der Waals surface area (Å²) in [4.78, 5) is 37.2. The van der Waals surface area contributed by atoms with Crippen LogP contribution in [0.1, 0.15) is 23.5 Å². The summed E-state index contributed by atoms with van der Waals surface area (Å²) in [5.41, 5.74) is 1.38. The van der Waals surface area contributed by atoms with Crippen LogP contribution < -0.4 is 14.9 Å². The van der Waals surface area contributed by atoms with Crippen LogP contribution in [0.2, 0.25) is 0 Å². The van der Waals surface area contributed by atoms with E-state index in [1.54, 1.807) is 36.4 Å². The molecule has 35 heavy (non-hydrogen) atoms. The Kier molecular flexibility index (Phi) is 5.70. The Balaban J connectivity index is 1.74. The third kappa shape index (κ3) is 4.10. The van der Waals surface area contributed by atoms with Crippen molar-refractivity contribution in [3.05, 3.63) is 88.1 Å². The summed E-state index contributed by atoms with van der Waals surface area (Å²) < 4.78 is 22.0. The van der Waals surface area contributed by atoms with E-state index in [-0.39, 0.29) is 35.5 Å². The minimum Gasteiger partial charge on any atom is -0.507 e. The molecule has 1 aromatic heterocycles. The van der Waals surface area contributed by atoms with Crippen LogP contribution in [0.3, 0.4) is 0 Å². The molecule has 3 aromatic carbocycles. The van der Waals surface area contributed by atoms with Crippen LogP contribution >= 0.6 is 0 Å². The number of hydrogen-bond acceptors (Lipinski definition) is 8. The van der Waals surface area contributed by atoms with Gasteiger partial charge in [-0.2, -0.15) is 0 Å². The van der Waals surface area contributed by atoms with Crippen LogP contribution in [-0.2, 0) is 14.3 Å². The molecule has 1 N–H and O–H groups in total. The smallest absolute Gasteiger partial charge is 0.343 e. The first-order valence-electron chi connectivity index (χ1n) is 10.8. The van der Waals surface area contributed by atoms with Gasteiger partial charge in [0.1, 0.15) is 34.0 Å². The molecule has 1 unspecified atom stereocenters. The highest BCUT2D eigenvalue weighted by Crippen LogP contribution is 2.47. The monoisotopic (exact) mass is 472 g/mol. The number of esters is 2. The highest BCUT2D eigenvalue weighted by molar-refractivity contribution is 5.93. The van der Waals surface area contributed by atoms with Gasteiger partial charge in [0.2, 0.25) is 0 Å². The average Bonchev–Trinajstić information content (AvgIpc) is 2.87. The lowest BCUT2D eigenvalue weighted by atomic mass is 9.84. The van der Waals surface area contributed by atoms with Crippen molar-refractivity contribution < 1.29 is 33.3 Å². The second-order valence-electron chi connectivity index (χ2n) is 7.99. The van der Waals surface area contributed by atoms with Crippen LogP contribution in [0.5, 0.6) is 17.2 Å². The van der Waals surface area contributed by atoms with Crippen molar-refractivity contribution >= 4 is 22.9 Å². The molecule has 0 bridgehead atoms. The Morgan fingerprint density at radius 2 is 1.80 bits per heavy atom. The molecular weight excluding hydrogens is 452 g/mol. The number of ether oxygens (including phenoxy) is 3. The largest absolute Gasteiger partial charge is 0.507 e. The summed E-state index contributed by atoms with van der Waals surface area (Å²) in [6, 6.07) is 18.6. The summed E-state index contributed by atoms with van der Waals surface area (Å²) >= 11 is 0. The van der Waals surface area contributed by atoms with Gasteiger partial charge in [-0.1, -0.05) is 48.5 Å². The van der Waals surface area contributed by atoms with Gasteiger partial charge in [0.25, 0.3) is 0 Å². The van der Waals surface area contributed by atoms with Crippen molar-refractivity contribution in [2.75, 3.05) is 13.7 Å². The van der Waals surface area contributed by atoms with Crippen molar-refractivity contribution in [2.24, 2.45) is 0 Å². The predicted octanol–water partition coefficient (Wildman–Crippen LogP) is 4.16. The van der Waals surface area contributed by atoms with Crippen molar-refractivity contribution in [1.29, 1.82) is 0 Å². The number of phenolic OH excluding ortho intramolecular Hbond substituents is 1. The van der Waals surface area contributed by atoms with Crippen molar-refractivity contribution in [1.82, 2.24) is 0 Å². The van der Waals surface area contributed by atoms with Gasteiger partial charge in [-0.05, 0) is 6.07 Å². The Labute approximate surface area is 199 Å². The first kappa shape index (κ1) is 22.2. The number of carbonyl (C=O) groups is 2. The van der Waals surface area contributed by atoms with Crippen LogP contribution in [0, 0.1) is 0 Å². The second-order valence-corrected chi connectivity index (χ2v) is 7.99. The molecular formula is C27H20O8. The van der Waals surface area contributed by atoms with Gasteiger partial charge in [0.05, 0.1) is 13.5 Å². The molecule has 0 aliphatic carbocycles. The highest BCUT2D eigenvalue weighted by atomic mass is 16.6. The molecule has 0 amide bonds. The fraction of sp³-hybridized carbons (Fsp3) is 0.148. The van der Waals surface area contributed by atoms with E-state index in [1.165, 1.54) is 19.2 Å². The van der Waals surface area contributed by atoms with E-state index in [0.717, 1.165) is 0 Å². The zero-order chi connectivity index (χ0) is 24.5. The molecule has 5 rings (SSSR count). The van der Waals surface area contributed by atoms with Crippen LogP contribution in [0.25, 0.3) is 22.3 Å². The SMILES string of the molecule is COC(=O)COc1ccccc1C1CC(=O)Oc2cc(O)c3c(=O)cc(-c4ccccc4)oc3c21. The molecule has 4 aromatic rings. The van der Waals surface area contributed by atoms with E-state index in [2.05, 4.69) is 4.74 Å². The van der Waals surface area contributed by atoms with Crippen LogP contribution in [0.4, 0.5) is 0 Å². The van der Waals surface area contributed by atoms with Crippen molar-refractivity contribution in [3.63, 3.8) is 0 Å². The molecule has 8 nitrogen and oxygen atoms in total. The maximum atomic E-state index is 13.1. The predicted molar refractivity (Wildman–Crippen MR) is 126 cm³/mol. The number of benzene rings is 3. The van der Waals surface area contributed by atoms with Gasteiger partial charge in [0.15, 0.2) is 12.0 Å². The van der Waals surface area contributed by atoms with E-state index in [9.17, 15) is 19.5 Å². The number of carbonyl (C=O) groups excluding carboxylic acids is 2.